The maximum Gasteiger partial charge on any atom is 0.319 e. The molecule has 0 spiro atoms. The summed E-state index contributed by atoms with van der Waals surface area (Å²) in [7, 11) is 3.87. The van der Waals surface area contributed by atoms with E-state index >= 15 is 0 Å². The minimum Gasteiger partial charge on any atom is -0.396 e. The fourth-order valence-electron chi connectivity index (χ4n) is 2.59. The number of para-hydroxylation sites is 2. The highest BCUT2D eigenvalue weighted by Gasteiger charge is 2.15. The van der Waals surface area contributed by atoms with Gasteiger partial charge in [-0.1, -0.05) is 42.5 Å². The first kappa shape index (κ1) is 17.8. The summed E-state index contributed by atoms with van der Waals surface area (Å²) in [5.74, 6) is 0. The molecule has 0 saturated heterocycles. The summed E-state index contributed by atoms with van der Waals surface area (Å²) >= 11 is 0. The van der Waals surface area contributed by atoms with E-state index in [0.29, 0.717) is 12.8 Å². The van der Waals surface area contributed by atoms with E-state index in [4.69, 9.17) is 5.11 Å². The van der Waals surface area contributed by atoms with Crippen LogP contribution in [0.3, 0.4) is 0 Å². The molecule has 24 heavy (non-hydrogen) atoms. The Balaban J connectivity index is 2.08. The molecule has 5 heteroatoms. The zero-order valence-corrected chi connectivity index (χ0v) is 14.2. The van der Waals surface area contributed by atoms with E-state index in [0.717, 1.165) is 16.9 Å². The molecular weight excluding hydrogens is 302 g/mol. The van der Waals surface area contributed by atoms with Crippen molar-refractivity contribution in [2.75, 3.05) is 30.9 Å². The Labute approximate surface area is 143 Å². The predicted octanol–water partition coefficient (Wildman–Crippen LogP) is 3.39. The van der Waals surface area contributed by atoms with Crippen LogP contribution in [0.2, 0.25) is 0 Å². The number of anilines is 2. The number of nitrogens with zero attached hydrogens (tertiary/aromatic N) is 1. The van der Waals surface area contributed by atoms with Crippen LogP contribution in [0.15, 0.2) is 54.6 Å². The number of hydrogen-bond acceptors (Lipinski definition) is 3. The van der Waals surface area contributed by atoms with Gasteiger partial charge < -0.3 is 20.6 Å². The Hall–Kier alpha value is -2.53. The lowest BCUT2D eigenvalue weighted by molar-refractivity contribution is 0.244. The molecule has 2 amide bonds. The van der Waals surface area contributed by atoms with Gasteiger partial charge in [0.25, 0.3) is 0 Å². The molecule has 3 N–H and O–H groups in total. The van der Waals surface area contributed by atoms with Gasteiger partial charge in [0.05, 0.1) is 17.4 Å². The van der Waals surface area contributed by atoms with E-state index in [9.17, 15) is 4.79 Å². The van der Waals surface area contributed by atoms with Gasteiger partial charge in [-0.2, -0.15) is 0 Å². The lowest BCUT2D eigenvalue weighted by Crippen LogP contribution is -2.33. The number of nitrogens with one attached hydrogen (secondary N) is 2. The Morgan fingerprint density at radius 2 is 1.75 bits per heavy atom. The SMILES string of the molecule is CN(C)c1ccccc1NC(=O)NC(CCCO)c1ccccc1. The topological polar surface area (TPSA) is 64.6 Å². The number of carbonyl (C=O) groups is 1. The van der Waals surface area contributed by atoms with Crippen LogP contribution < -0.4 is 15.5 Å². The molecule has 0 heterocycles. The fourth-order valence-corrected chi connectivity index (χ4v) is 2.59. The number of carbonyl (C=O) groups excluding carboxylic acids is 1. The summed E-state index contributed by atoms with van der Waals surface area (Å²) in [5, 5.41) is 15.0. The second kappa shape index (κ2) is 8.93. The largest absolute Gasteiger partial charge is 0.396 e. The standard InChI is InChI=1S/C19H25N3O2/c1-22(2)18-13-7-6-11-17(18)21-19(24)20-16(12-8-14-23)15-9-4-3-5-10-15/h3-7,9-11,13,16,23H,8,12,14H2,1-2H3,(H2,20,21,24). The highest BCUT2D eigenvalue weighted by Crippen LogP contribution is 2.24. The Bertz CT molecular complexity index is 644. The smallest absolute Gasteiger partial charge is 0.319 e. The number of urea groups is 1. The highest BCUT2D eigenvalue weighted by molar-refractivity contribution is 5.93. The molecule has 2 rings (SSSR count). The first-order chi connectivity index (χ1) is 11.6. The number of aliphatic hydroxyl groups is 1. The fraction of sp³-hybridized carbons (Fsp3) is 0.316. The molecule has 0 aliphatic carbocycles. The zero-order chi connectivity index (χ0) is 17.4. The van der Waals surface area contributed by atoms with Gasteiger partial charge in [-0.05, 0) is 30.5 Å². The third-order valence-corrected chi connectivity index (χ3v) is 3.79. The van der Waals surface area contributed by atoms with Crippen molar-refractivity contribution in [3.05, 3.63) is 60.2 Å². The average Bonchev–Trinajstić information content (AvgIpc) is 2.59. The summed E-state index contributed by atoms with van der Waals surface area (Å²) in [6.07, 6.45) is 1.32. The van der Waals surface area contributed by atoms with Crippen molar-refractivity contribution >= 4 is 17.4 Å². The van der Waals surface area contributed by atoms with Crippen molar-refractivity contribution in [1.82, 2.24) is 5.32 Å². The van der Waals surface area contributed by atoms with Gasteiger partial charge in [0, 0.05) is 20.7 Å². The summed E-state index contributed by atoms with van der Waals surface area (Å²) in [4.78, 5) is 14.4. The molecule has 1 unspecified atom stereocenters. The minimum absolute atomic E-state index is 0.107. The molecule has 0 aromatic heterocycles. The van der Waals surface area contributed by atoms with Gasteiger partial charge in [0.15, 0.2) is 0 Å². The third-order valence-electron chi connectivity index (χ3n) is 3.79. The Morgan fingerprint density at radius 1 is 1.08 bits per heavy atom. The van der Waals surface area contributed by atoms with Gasteiger partial charge in [0.1, 0.15) is 0 Å². The minimum atomic E-state index is -0.254. The normalized spacial score (nSPS) is 11.6. The molecule has 2 aromatic carbocycles. The average molecular weight is 327 g/mol. The second-order valence-electron chi connectivity index (χ2n) is 5.84. The van der Waals surface area contributed by atoms with Crippen molar-refractivity contribution in [3.63, 3.8) is 0 Å². The van der Waals surface area contributed by atoms with E-state index in [1.807, 2.05) is 73.6 Å². The van der Waals surface area contributed by atoms with Crippen LogP contribution in [0.1, 0.15) is 24.4 Å². The van der Waals surface area contributed by atoms with Crippen molar-refractivity contribution < 1.29 is 9.90 Å². The van der Waals surface area contributed by atoms with Crippen molar-refractivity contribution in [2.24, 2.45) is 0 Å². The van der Waals surface area contributed by atoms with Crippen LogP contribution in [0.5, 0.6) is 0 Å². The molecule has 0 fully saturated rings. The van der Waals surface area contributed by atoms with Crippen LogP contribution in [0.4, 0.5) is 16.2 Å². The summed E-state index contributed by atoms with van der Waals surface area (Å²) < 4.78 is 0. The lowest BCUT2D eigenvalue weighted by atomic mass is 10.0. The van der Waals surface area contributed by atoms with Crippen molar-refractivity contribution in [3.8, 4) is 0 Å². The molecule has 0 saturated carbocycles. The van der Waals surface area contributed by atoms with Gasteiger partial charge >= 0.3 is 6.03 Å². The number of rotatable bonds is 7. The molecule has 0 bridgehead atoms. The second-order valence-corrected chi connectivity index (χ2v) is 5.84. The quantitative estimate of drug-likeness (QED) is 0.730. The summed E-state index contributed by atoms with van der Waals surface area (Å²) in [6, 6.07) is 17.1. The Morgan fingerprint density at radius 3 is 2.42 bits per heavy atom. The van der Waals surface area contributed by atoms with E-state index in [1.54, 1.807) is 0 Å². The van der Waals surface area contributed by atoms with Crippen molar-refractivity contribution in [1.29, 1.82) is 0 Å². The van der Waals surface area contributed by atoms with Crippen LogP contribution >= 0.6 is 0 Å². The maximum absolute atomic E-state index is 12.4. The number of aliphatic hydroxyl groups excluding tert-OH is 1. The first-order valence-electron chi connectivity index (χ1n) is 8.11. The van der Waals surface area contributed by atoms with Gasteiger partial charge in [-0.3, -0.25) is 0 Å². The monoisotopic (exact) mass is 327 g/mol. The predicted molar refractivity (Wildman–Crippen MR) is 98.4 cm³/mol. The van der Waals surface area contributed by atoms with E-state index < -0.39 is 0 Å². The molecule has 128 valence electrons. The number of benzene rings is 2. The maximum atomic E-state index is 12.4. The van der Waals surface area contributed by atoms with Gasteiger partial charge in [0.2, 0.25) is 0 Å². The van der Waals surface area contributed by atoms with Crippen LogP contribution in [-0.2, 0) is 0 Å². The summed E-state index contributed by atoms with van der Waals surface area (Å²) in [5.41, 5.74) is 2.73. The summed E-state index contributed by atoms with van der Waals surface area (Å²) in [6.45, 7) is 0.107. The molecule has 2 aromatic rings. The number of hydrogen-bond donors (Lipinski definition) is 3. The van der Waals surface area contributed by atoms with Gasteiger partial charge in [-0.25, -0.2) is 4.79 Å². The van der Waals surface area contributed by atoms with E-state index in [-0.39, 0.29) is 18.7 Å². The zero-order valence-electron chi connectivity index (χ0n) is 14.2. The first-order valence-corrected chi connectivity index (χ1v) is 8.11. The van der Waals surface area contributed by atoms with E-state index in [1.165, 1.54) is 0 Å². The van der Waals surface area contributed by atoms with E-state index in [2.05, 4.69) is 10.6 Å². The molecular formula is C19H25N3O2. The molecule has 1 atom stereocenters. The van der Waals surface area contributed by atoms with Crippen LogP contribution in [0, 0.1) is 0 Å². The van der Waals surface area contributed by atoms with Crippen molar-refractivity contribution in [2.45, 2.75) is 18.9 Å². The molecule has 0 aliphatic rings. The highest BCUT2D eigenvalue weighted by atomic mass is 16.3. The Kier molecular flexibility index (Phi) is 6.63. The molecule has 5 nitrogen and oxygen atoms in total. The third kappa shape index (κ3) is 4.99. The molecule has 0 aliphatic heterocycles. The van der Waals surface area contributed by atoms with Crippen LogP contribution in [0.25, 0.3) is 0 Å². The van der Waals surface area contributed by atoms with Gasteiger partial charge in [-0.15, -0.1) is 0 Å². The van der Waals surface area contributed by atoms with Crippen LogP contribution in [-0.4, -0.2) is 31.8 Å². The lowest BCUT2D eigenvalue weighted by Gasteiger charge is -2.21. The molecule has 0 radical (unpaired) electrons. The number of amides is 2.